The molecule has 0 aliphatic carbocycles. The summed E-state index contributed by atoms with van der Waals surface area (Å²) in [4.78, 5) is 24.7. The van der Waals surface area contributed by atoms with Crippen LogP contribution in [0.4, 0.5) is 16.6 Å². The van der Waals surface area contributed by atoms with Crippen molar-refractivity contribution in [3.05, 3.63) is 29.7 Å². The summed E-state index contributed by atoms with van der Waals surface area (Å²) < 4.78 is 7.43. The molecule has 5 N–H and O–H groups in total. The number of amides is 1. The summed E-state index contributed by atoms with van der Waals surface area (Å²) in [5.41, 5.74) is 3.00. The van der Waals surface area contributed by atoms with E-state index in [1.54, 1.807) is 18.0 Å². The van der Waals surface area contributed by atoms with Crippen LogP contribution in [0.25, 0.3) is 11.0 Å². The molecule has 3 aromatic rings. The van der Waals surface area contributed by atoms with Crippen LogP contribution in [-0.4, -0.2) is 73.9 Å². The fourth-order valence-electron chi connectivity index (χ4n) is 4.66. The fourth-order valence-corrected chi connectivity index (χ4v) is 4.66. The fraction of sp³-hybridized carbons (Fsp3) is 0.542. The monoisotopic (exact) mass is 498 g/mol. The lowest BCUT2D eigenvalue weighted by Gasteiger charge is -2.23. The van der Waals surface area contributed by atoms with Gasteiger partial charge < -0.3 is 25.6 Å². The van der Waals surface area contributed by atoms with Crippen molar-refractivity contribution < 1.29 is 19.7 Å². The number of aliphatic hydroxyl groups is 1. The van der Waals surface area contributed by atoms with E-state index in [0.717, 1.165) is 44.5 Å². The zero-order valence-corrected chi connectivity index (χ0v) is 20.7. The molecule has 0 bridgehead atoms. The van der Waals surface area contributed by atoms with Crippen molar-refractivity contribution in [3.63, 3.8) is 0 Å². The first kappa shape index (κ1) is 25.6. The summed E-state index contributed by atoms with van der Waals surface area (Å²) >= 11 is 0. The summed E-state index contributed by atoms with van der Waals surface area (Å²) in [6.07, 6.45) is 6.64. The van der Waals surface area contributed by atoms with Crippen molar-refractivity contribution in [2.75, 3.05) is 37.4 Å². The minimum Gasteiger partial charge on any atom is -0.495 e. The summed E-state index contributed by atoms with van der Waals surface area (Å²) in [6, 6.07) is 2.02. The van der Waals surface area contributed by atoms with E-state index < -0.39 is 6.09 Å². The van der Waals surface area contributed by atoms with E-state index in [2.05, 4.69) is 44.0 Å². The maximum atomic E-state index is 11.2. The number of methoxy groups -OCH3 is 1. The molecule has 0 spiro atoms. The number of hydrogen-bond donors (Lipinski definition) is 5. The van der Waals surface area contributed by atoms with Crippen molar-refractivity contribution in [2.45, 2.75) is 57.5 Å². The van der Waals surface area contributed by atoms with Crippen molar-refractivity contribution in [3.8, 4) is 5.75 Å². The van der Waals surface area contributed by atoms with Gasteiger partial charge in [0.05, 0.1) is 19.9 Å². The number of nitrogens with zero attached hydrogens (tertiary/aromatic N) is 5. The second-order valence-corrected chi connectivity index (χ2v) is 8.95. The third-order valence-corrected chi connectivity index (χ3v) is 6.44. The molecule has 1 amide bonds. The average Bonchev–Trinajstić information content (AvgIpc) is 3.27. The van der Waals surface area contributed by atoms with Crippen LogP contribution < -0.4 is 20.7 Å². The molecule has 0 aromatic carbocycles. The van der Waals surface area contributed by atoms with Gasteiger partial charge in [-0.05, 0) is 56.3 Å². The third-order valence-electron chi connectivity index (χ3n) is 6.44. The third kappa shape index (κ3) is 6.00. The molecular weight excluding hydrogens is 464 g/mol. The van der Waals surface area contributed by atoms with E-state index in [1.807, 2.05) is 6.20 Å². The van der Waals surface area contributed by atoms with Crippen LogP contribution in [0.3, 0.4) is 0 Å². The Hall–Kier alpha value is -3.51. The Balaban J connectivity index is 1.69. The Labute approximate surface area is 209 Å². The second kappa shape index (κ2) is 12.0. The largest absolute Gasteiger partial charge is 0.495 e. The maximum absolute atomic E-state index is 11.2. The number of aromatic nitrogens is 5. The molecule has 0 radical (unpaired) electrons. The Morgan fingerprint density at radius 1 is 1.28 bits per heavy atom. The molecule has 36 heavy (non-hydrogen) atoms. The van der Waals surface area contributed by atoms with Crippen molar-refractivity contribution >= 4 is 28.9 Å². The molecule has 1 aliphatic rings. The number of rotatable bonds is 11. The van der Waals surface area contributed by atoms with Crippen LogP contribution in [0.1, 0.15) is 56.2 Å². The van der Waals surface area contributed by atoms with Crippen LogP contribution in [-0.2, 0) is 6.54 Å². The van der Waals surface area contributed by atoms with Gasteiger partial charge in [0, 0.05) is 18.8 Å². The molecule has 1 aliphatic heterocycles. The molecule has 12 heteroatoms. The van der Waals surface area contributed by atoms with Crippen molar-refractivity contribution in [1.29, 1.82) is 0 Å². The average molecular weight is 499 g/mol. The lowest BCUT2D eigenvalue weighted by molar-refractivity contribution is 0.209. The zero-order valence-electron chi connectivity index (χ0n) is 20.7. The normalized spacial score (nSPS) is 15.1. The molecule has 4 heterocycles. The number of anilines is 2. The Morgan fingerprint density at radius 3 is 2.78 bits per heavy atom. The van der Waals surface area contributed by atoms with Gasteiger partial charge in [0.1, 0.15) is 22.5 Å². The van der Waals surface area contributed by atoms with Gasteiger partial charge in [0.25, 0.3) is 0 Å². The van der Waals surface area contributed by atoms with Gasteiger partial charge >= 0.3 is 6.09 Å². The highest BCUT2D eigenvalue weighted by Crippen LogP contribution is 2.30. The number of carboxylic acid groups (broad SMARTS) is 1. The summed E-state index contributed by atoms with van der Waals surface area (Å²) in [6.45, 7) is 4.40. The number of piperidine rings is 1. The summed E-state index contributed by atoms with van der Waals surface area (Å²) in [5.74, 6) is 1.55. The molecular formula is C24H34N8O4. The number of ether oxygens (including phenoxy) is 1. The van der Waals surface area contributed by atoms with Gasteiger partial charge in [-0.3, -0.25) is 15.0 Å². The lowest BCUT2D eigenvalue weighted by atomic mass is 9.91. The van der Waals surface area contributed by atoms with Crippen molar-refractivity contribution in [1.82, 2.24) is 30.0 Å². The van der Waals surface area contributed by atoms with Crippen molar-refractivity contribution in [2.24, 2.45) is 0 Å². The maximum Gasteiger partial charge on any atom is 0.411 e. The number of pyridine rings is 1. The van der Waals surface area contributed by atoms with Crippen LogP contribution >= 0.6 is 0 Å². The number of fused-ring (bicyclic) bond motifs is 1. The Kier molecular flexibility index (Phi) is 8.49. The lowest BCUT2D eigenvalue weighted by Crippen LogP contribution is -2.26. The Bertz CT molecular complexity index is 1170. The Morgan fingerprint density at radius 2 is 2.08 bits per heavy atom. The first-order chi connectivity index (χ1) is 17.5. The minimum atomic E-state index is -1.25. The van der Waals surface area contributed by atoms with E-state index in [1.165, 1.54) is 5.56 Å². The standard InChI is InChI=1S/C24H34N8O4/c1-3-4-17(7-10-33)28-22-21-18(29-23(30-22)31-24(34)35)13-27-32(21)14-19-20(36-2)11-16(12-26-19)15-5-8-25-9-6-15/h11-13,15,17,25,33H,3-10,14H2,1-2H3,(H,34,35)(H2,28,29,30,31). The van der Waals surface area contributed by atoms with Gasteiger partial charge in [0.15, 0.2) is 5.82 Å². The molecule has 1 fully saturated rings. The summed E-state index contributed by atoms with van der Waals surface area (Å²) in [7, 11) is 1.64. The van der Waals surface area contributed by atoms with Gasteiger partial charge in [-0.15, -0.1) is 0 Å². The van der Waals surface area contributed by atoms with Crippen LogP contribution in [0, 0.1) is 0 Å². The van der Waals surface area contributed by atoms with Crippen LogP contribution in [0.15, 0.2) is 18.5 Å². The number of nitrogens with one attached hydrogen (secondary N) is 3. The predicted octanol–water partition coefficient (Wildman–Crippen LogP) is 2.80. The smallest absolute Gasteiger partial charge is 0.411 e. The number of carbonyl (C=O) groups is 1. The van der Waals surface area contributed by atoms with E-state index in [-0.39, 0.29) is 18.6 Å². The van der Waals surface area contributed by atoms with E-state index in [9.17, 15) is 9.90 Å². The second-order valence-electron chi connectivity index (χ2n) is 8.95. The molecule has 4 rings (SSSR count). The molecule has 12 nitrogen and oxygen atoms in total. The van der Waals surface area contributed by atoms with Gasteiger partial charge in [0.2, 0.25) is 5.95 Å². The number of hydrogen-bond acceptors (Lipinski definition) is 9. The quantitative estimate of drug-likeness (QED) is 0.266. The van der Waals surface area contributed by atoms with Gasteiger partial charge in [-0.25, -0.2) is 9.78 Å². The topological polar surface area (TPSA) is 159 Å². The molecule has 3 aromatic heterocycles. The minimum absolute atomic E-state index is 0.0237. The predicted molar refractivity (Wildman–Crippen MR) is 136 cm³/mol. The van der Waals surface area contributed by atoms with Gasteiger partial charge in [-0.1, -0.05) is 13.3 Å². The highest BCUT2D eigenvalue weighted by Gasteiger charge is 2.21. The van der Waals surface area contributed by atoms with Crippen LogP contribution in [0.2, 0.25) is 0 Å². The number of aliphatic hydroxyl groups excluding tert-OH is 1. The molecule has 1 saturated heterocycles. The SMILES string of the molecule is CCCC(CCO)Nc1nc(NC(=O)O)nc2cnn(Cc3ncc(C4CCNCC4)cc3OC)c12. The zero-order chi connectivity index (χ0) is 25.5. The van der Waals surface area contributed by atoms with Crippen LogP contribution in [0.5, 0.6) is 5.75 Å². The molecule has 0 saturated carbocycles. The van der Waals surface area contributed by atoms with E-state index >= 15 is 0 Å². The molecule has 1 unspecified atom stereocenters. The van der Waals surface area contributed by atoms with E-state index in [4.69, 9.17) is 14.8 Å². The summed E-state index contributed by atoms with van der Waals surface area (Å²) in [5, 5.41) is 32.1. The molecule has 1 atom stereocenters. The highest BCUT2D eigenvalue weighted by molar-refractivity contribution is 5.89. The van der Waals surface area contributed by atoms with Gasteiger partial charge in [-0.2, -0.15) is 10.1 Å². The highest BCUT2D eigenvalue weighted by atomic mass is 16.5. The first-order valence-electron chi connectivity index (χ1n) is 12.4. The molecule has 194 valence electrons. The first-order valence-corrected chi connectivity index (χ1v) is 12.4. The van der Waals surface area contributed by atoms with E-state index in [0.29, 0.717) is 41.5 Å².